The van der Waals surface area contributed by atoms with E-state index < -0.39 is 5.82 Å². The van der Waals surface area contributed by atoms with Gasteiger partial charge in [0.05, 0.1) is 12.6 Å². The highest BCUT2D eigenvalue weighted by Crippen LogP contribution is 2.36. The molecule has 1 aromatic heterocycles. The largest absolute Gasteiger partial charge is 0.494 e. The molecule has 0 saturated heterocycles. The molecule has 0 aliphatic rings. The monoisotopic (exact) mass is 340 g/mol. The van der Waals surface area contributed by atoms with Crippen molar-refractivity contribution in [1.82, 2.24) is 9.88 Å². The van der Waals surface area contributed by atoms with Gasteiger partial charge in [0.15, 0.2) is 11.6 Å². The Morgan fingerprint density at radius 3 is 2.78 bits per heavy atom. The van der Waals surface area contributed by atoms with E-state index in [1.54, 1.807) is 6.07 Å². The Bertz CT molecular complexity index is 712. The summed E-state index contributed by atoms with van der Waals surface area (Å²) in [5.41, 5.74) is 1.68. The number of methoxy groups -OCH3 is 1. The number of aryl methyl sites for hydroxylation is 1. The number of nitrogens with one attached hydrogen (secondary N) is 1. The lowest BCUT2D eigenvalue weighted by atomic mass is 10.1. The summed E-state index contributed by atoms with van der Waals surface area (Å²) >= 11 is 6.19. The molecule has 6 heteroatoms. The van der Waals surface area contributed by atoms with Crippen LogP contribution in [0.5, 0.6) is 5.75 Å². The molecule has 0 spiro atoms. The molecule has 0 bridgehead atoms. The van der Waals surface area contributed by atoms with Crippen LogP contribution in [0.1, 0.15) is 32.3 Å². The number of amides is 1. The van der Waals surface area contributed by atoms with Gasteiger partial charge in [-0.05, 0) is 31.4 Å². The maximum Gasteiger partial charge on any atom is 0.219 e. The highest BCUT2D eigenvalue weighted by atomic mass is 35.5. The van der Waals surface area contributed by atoms with Crippen molar-refractivity contribution in [3.8, 4) is 5.75 Å². The van der Waals surface area contributed by atoms with Crippen molar-refractivity contribution in [2.45, 2.75) is 39.7 Å². The fraction of sp³-hybridized carbons (Fsp3) is 0.471. The third kappa shape index (κ3) is 3.61. The minimum absolute atomic E-state index is 0.0494. The topological polar surface area (TPSA) is 43.3 Å². The third-order valence-corrected chi connectivity index (χ3v) is 4.19. The number of hydrogen-bond acceptors (Lipinski definition) is 2. The average Bonchev–Trinajstić information content (AvgIpc) is 2.89. The fourth-order valence-corrected chi connectivity index (χ4v) is 2.99. The van der Waals surface area contributed by atoms with Crippen molar-refractivity contribution in [3.05, 3.63) is 28.7 Å². The van der Waals surface area contributed by atoms with Gasteiger partial charge in [-0.25, -0.2) is 4.39 Å². The van der Waals surface area contributed by atoms with Gasteiger partial charge >= 0.3 is 0 Å². The van der Waals surface area contributed by atoms with Gasteiger partial charge in [-0.3, -0.25) is 4.79 Å². The molecule has 0 aliphatic carbocycles. The van der Waals surface area contributed by atoms with E-state index in [0.29, 0.717) is 31.4 Å². The second-order valence-corrected chi connectivity index (χ2v) is 5.77. The SMILES string of the molecule is CCCC(=O)NCCc1cn(CC)c2c(Cl)c(F)c(OC)cc12. The number of nitrogens with zero attached hydrogens (tertiary/aromatic N) is 1. The van der Waals surface area contributed by atoms with Crippen LogP contribution in [-0.2, 0) is 17.8 Å². The third-order valence-electron chi connectivity index (χ3n) is 3.85. The zero-order chi connectivity index (χ0) is 17.0. The van der Waals surface area contributed by atoms with E-state index in [-0.39, 0.29) is 16.7 Å². The summed E-state index contributed by atoms with van der Waals surface area (Å²) in [4.78, 5) is 11.6. The summed E-state index contributed by atoms with van der Waals surface area (Å²) in [7, 11) is 1.42. The average molecular weight is 341 g/mol. The molecule has 0 saturated carbocycles. The standard InChI is InChI=1S/C17H22ClFN2O2/c1-4-6-14(22)20-8-7-11-10-21(5-2)17-12(11)9-13(23-3)16(19)15(17)18/h9-10H,4-8H2,1-3H3,(H,20,22). The number of aromatic nitrogens is 1. The molecule has 0 radical (unpaired) electrons. The van der Waals surface area contributed by atoms with Crippen LogP contribution in [0.4, 0.5) is 4.39 Å². The predicted molar refractivity (Wildman–Crippen MR) is 90.8 cm³/mol. The van der Waals surface area contributed by atoms with E-state index >= 15 is 0 Å². The van der Waals surface area contributed by atoms with Crippen LogP contribution in [-0.4, -0.2) is 24.1 Å². The Balaban J connectivity index is 2.33. The number of carbonyl (C=O) groups is 1. The first-order valence-corrected chi connectivity index (χ1v) is 8.21. The first-order chi connectivity index (χ1) is 11.0. The minimum Gasteiger partial charge on any atom is -0.494 e. The number of rotatable bonds is 7. The summed E-state index contributed by atoms with van der Waals surface area (Å²) in [5.74, 6) is -0.363. The second kappa shape index (κ2) is 7.68. The maximum atomic E-state index is 14.2. The number of carbonyl (C=O) groups excluding carboxylic acids is 1. The van der Waals surface area contributed by atoms with Crippen LogP contribution in [0.25, 0.3) is 10.9 Å². The van der Waals surface area contributed by atoms with Crippen LogP contribution in [0, 0.1) is 5.82 Å². The second-order valence-electron chi connectivity index (χ2n) is 5.39. The fourth-order valence-electron chi connectivity index (χ4n) is 2.69. The molecule has 126 valence electrons. The lowest BCUT2D eigenvalue weighted by Gasteiger charge is -2.08. The van der Waals surface area contributed by atoms with Gasteiger partial charge in [-0.1, -0.05) is 18.5 Å². The lowest BCUT2D eigenvalue weighted by Crippen LogP contribution is -2.25. The molecular weight excluding hydrogens is 319 g/mol. The molecule has 2 aromatic rings. The quantitative estimate of drug-likeness (QED) is 0.830. The van der Waals surface area contributed by atoms with E-state index in [4.69, 9.17) is 16.3 Å². The maximum absolute atomic E-state index is 14.2. The molecular formula is C17H22ClFN2O2. The van der Waals surface area contributed by atoms with Gasteiger partial charge in [0.25, 0.3) is 0 Å². The van der Waals surface area contributed by atoms with Crippen molar-refractivity contribution < 1.29 is 13.9 Å². The molecule has 1 aromatic carbocycles. The molecule has 1 N–H and O–H groups in total. The molecule has 0 fully saturated rings. The van der Waals surface area contributed by atoms with E-state index in [1.165, 1.54) is 7.11 Å². The minimum atomic E-state index is -0.544. The number of fused-ring (bicyclic) bond motifs is 1. The molecule has 0 atom stereocenters. The van der Waals surface area contributed by atoms with E-state index in [0.717, 1.165) is 17.4 Å². The summed E-state index contributed by atoms with van der Waals surface area (Å²) in [6.45, 7) is 5.17. The van der Waals surface area contributed by atoms with Crippen molar-refractivity contribution in [2.24, 2.45) is 0 Å². The summed E-state index contributed by atoms with van der Waals surface area (Å²) in [6, 6.07) is 1.67. The van der Waals surface area contributed by atoms with Gasteiger partial charge in [0, 0.05) is 31.1 Å². The van der Waals surface area contributed by atoms with Crippen LogP contribution < -0.4 is 10.1 Å². The number of halogens is 2. The Hall–Kier alpha value is -1.75. The molecule has 4 nitrogen and oxygen atoms in total. The first kappa shape index (κ1) is 17.6. The van der Waals surface area contributed by atoms with Gasteiger partial charge in [-0.2, -0.15) is 0 Å². The normalized spacial score (nSPS) is 11.0. The summed E-state index contributed by atoms with van der Waals surface area (Å²) < 4.78 is 21.2. The Morgan fingerprint density at radius 1 is 1.43 bits per heavy atom. The Morgan fingerprint density at radius 2 is 2.17 bits per heavy atom. The molecule has 1 amide bonds. The van der Waals surface area contributed by atoms with Crippen molar-refractivity contribution in [2.75, 3.05) is 13.7 Å². The zero-order valence-electron chi connectivity index (χ0n) is 13.7. The zero-order valence-corrected chi connectivity index (χ0v) is 14.5. The van der Waals surface area contributed by atoms with Crippen molar-refractivity contribution in [3.63, 3.8) is 0 Å². The Kier molecular flexibility index (Phi) is 5.88. The highest BCUT2D eigenvalue weighted by Gasteiger charge is 2.18. The molecule has 23 heavy (non-hydrogen) atoms. The van der Waals surface area contributed by atoms with Gasteiger partial charge in [0.2, 0.25) is 5.91 Å². The van der Waals surface area contributed by atoms with Gasteiger partial charge in [0.1, 0.15) is 5.02 Å². The van der Waals surface area contributed by atoms with Crippen LogP contribution in [0.3, 0.4) is 0 Å². The van der Waals surface area contributed by atoms with Crippen LogP contribution >= 0.6 is 11.6 Å². The van der Waals surface area contributed by atoms with E-state index in [9.17, 15) is 9.18 Å². The molecule has 0 aliphatic heterocycles. The number of benzene rings is 1. The van der Waals surface area contributed by atoms with E-state index in [1.807, 2.05) is 24.6 Å². The summed E-state index contributed by atoms with van der Waals surface area (Å²) in [5, 5.41) is 3.82. The first-order valence-electron chi connectivity index (χ1n) is 7.83. The highest BCUT2D eigenvalue weighted by molar-refractivity contribution is 6.35. The van der Waals surface area contributed by atoms with E-state index in [2.05, 4.69) is 5.32 Å². The predicted octanol–water partition coefficient (Wildman–Crippen LogP) is 3.92. The van der Waals surface area contributed by atoms with Gasteiger partial charge in [-0.15, -0.1) is 0 Å². The molecule has 2 rings (SSSR count). The summed E-state index contributed by atoms with van der Waals surface area (Å²) in [6.07, 6.45) is 3.97. The number of hydrogen-bond donors (Lipinski definition) is 1. The molecule has 1 heterocycles. The van der Waals surface area contributed by atoms with Crippen molar-refractivity contribution >= 4 is 28.4 Å². The van der Waals surface area contributed by atoms with Crippen LogP contribution in [0.15, 0.2) is 12.3 Å². The molecule has 0 unspecified atom stereocenters. The lowest BCUT2D eigenvalue weighted by molar-refractivity contribution is -0.121. The van der Waals surface area contributed by atoms with Crippen molar-refractivity contribution in [1.29, 1.82) is 0 Å². The van der Waals surface area contributed by atoms with Crippen LogP contribution in [0.2, 0.25) is 5.02 Å². The van der Waals surface area contributed by atoms with Gasteiger partial charge < -0.3 is 14.6 Å². The smallest absolute Gasteiger partial charge is 0.219 e. The number of ether oxygens (including phenoxy) is 1. The Labute approximate surface area is 140 Å².